The number of ether oxygens (including phenoxy) is 2. The third kappa shape index (κ3) is 9.79. The molecule has 166 valence electrons. The first kappa shape index (κ1) is 25.7. The van der Waals surface area contributed by atoms with E-state index in [0.717, 1.165) is 37.7 Å². The maximum absolute atomic E-state index is 11.9. The van der Waals surface area contributed by atoms with Crippen LogP contribution in [0.1, 0.15) is 73.6 Å². The van der Waals surface area contributed by atoms with Crippen LogP contribution in [0.4, 0.5) is 0 Å². The summed E-state index contributed by atoms with van der Waals surface area (Å²) in [5, 5.41) is 0. The van der Waals surface area contributed by atoms with E-state index >= 15 is 0 Å². The lowest BCUT2D eigenvalue weighted by Gasteiger charge is -2.42. The minimum Gasteiger partial charge on any atom is -0.462 e. The first-order chi connectivity index (χ1) is 13.2. The van der Waals surface area contributed by atoms with E-state index in [4.69, 9.17) is 9.47 Å². The van der Waals surface area contributed by atoms with Gasteiger partial charge in [-0.2, -0.15) is 0 Å². The van der Waals surface area contributed by atoms with Gasteiger partial charge in [-0.05, 0) is 65.4 Å². The van der Waals surface area contributed by atoms with Crippen LogP contribution in [-0.2, 0) is 19.1 Å². The van der Waals surface area contributed by atoms with E-state index in [1.54, 1.807) is 6.08 Å². The van der Waals surface area contributed by atoms with Crippen molar-refractivity contribution in [2.24, 2.45) is 5.92 Å². The Labute approximate surface area is 179 Å². The number of rotatable bonds is 10. The van der Waals surface area contributed by atoms with Gasteiger partial charge in [0, 0.05) is 6.08 Å². The second-order valence-corrected chi connectivity index (χ2v) is 16.2. The average molecular weight is 423 g/mol. The summed E-state index contributed by atoms with van der Waals surface area (Å²) in [5.74, 6) is 0.329. The zero-order valence-corrected chi connectivity index (χ0v) is 21.1. The van der Waals surface area contributed by atoms with E-state index in [2.05, 4.69) is 39.6 Å². The molecule has 0 N–H and O–H groups in total. The maximum atomic E-state index is 11.9. The molecule has 4 nitrogen and oxygen atoms in total. The molecule has 0 spiro atoms. The lowest BCUT2D eigenvalue weighted by atomic mass is 9.94. The van der Waals surface area contributed by atoms with Crippen molar-refractivity contribution in [3.05, 3.63) is 23.3 Å². The highest BCUT2D eigenvalue weighted by molar-refractivity contribution is 6.81. The quantitative estimate of drug-likeness (QED) is 0.134. The van der Waals surface area contributed by atoms with E-state index in [-0.39, 0.29) is 23.6 Å². The van der Waals surface area contributed by atoms with Crippen LogP contribution in [0.2, 0.25) is 25.2 Å². The molecule has 0 aromatic heterocycles. The molecule has 0 aliphatic carbocycles. The lowest BCUT2D eigenvalue weighted by molar-refractivity contribution is -0.170. The van der Waals surface area contributed by atoms with Crippen molar-refractivity contribution in [1.82, 2.24) is 0 Å². The van der Waals surface area contributed by atoms with Crippen molar-refractivity contribution in [2.45, 2.75) is 111 Å². The highest BCUT2D eigenvalue weighted by atomic mass is 28.3. The molecule has 3 atom stereocenters. The van der Waals surface area contributed by atoms with Crippen molar-refractivity contribution in [1.29, 1.82) is 0 Å². The Bertz CT molecular complexity index is 634. The Balaban J connectivity index is 2.35. The van der Waals surface area contributed by atoms with Crippen LogP contribution in [-0.4, -0.2) is 31.7 Å². The van der Waals surface area contributed by atoms with Crippen LogP contribution in [0.3, 0.4) is 0 Å². The fraction of sp³-hybridized carbons (Fsp3) is 0.750. The van der Waals surface area contributed by atoms with Gasteiger partial charge in [-0.25, -0.2) is 4.79 Å². The number of hydrogen-bond acceptors (Lipinski definition) is 4. The average Bonchev–Trinajstić information content (AvgIpc) is 2.45. The van der Waals surface area contributed by atoms with Crippen molar-refractivity contribution in [3.63, 3.8) is 0 Å². The Kier molecular flexibility index (Phi) is 9.39. The van der Waals surface area contributed by atoms with Crippen LogP contribution in [0, 0.1) is 5.92 Å². The van der Waals surface area contributed by atoms with Gasteiger partial charge in [-0.15, -0.1) is 0 Å². The number of hydrogen-bond donors (Lipinski definition) is 0. The summed E-state index contributed by atoms with van der Waals surface area (Å²) < 4.78 is 10.7. The molecule has 1 aliphatic rings. The summed E-state index contributed by atoms with van der Waals surface area (Å²) in [4.78, 5) is 23.6. The summed E-state index contributed by atoms with van der Waals surface area (Å²) in [6.45, 7) is 18.7. The van der Waals surface area contributed by atoms with E-state index < -0.39 is 13.7 Å². The molecule has 1 fully saturated rings. The normalized spacial score (nSPS) is 22.0. The Morgan fingerprint density at radius 2 is 1.79 bits per heavy atom. The van der Waals surface area contributed by atoms with E-state index in [1.807, 2.05) is 27.7 Å². The summed E-state index contributed by atoms with van der Waals surface area (Å²) in [6, 6.07) is 0. The fourth-order valence-electron chi connectivity index (χ4n) is 4.00. The monoisotopic (exact) mass is 422 g/mol. The SMILES string of the molecule is CC(=C\C(=O)OC(C)(C)C)/C=C(\C)CC(C)CCCC[C@@H]1OC(=O)[C@@H]1[Si](C)(C)C. The van der Waals surface area contributed by atoms with Crippen molar-refractivity contribution >= 4 is 20.0 Å². The Morgan fingerprint density at radius 3 is 2.31 bits per heavy atom. The molecule has 0 saturated carbocycles. The van der Waals surface area contributed by atoms with Crippen molar-refractivity contribution < 1.29 is 19.1 Å². The van der Waals surface area contributed by atoms with Gasteiger partial charge in [0.15, 0.2) is 0 Å². The van der Waals surface area contributed by atoms with Gasteiger partial charge >= 0.3 is 11.9 Å². The van der Waals surface area contributed by atoms with Gasteiger partial charge in [0.2, 0.25) is 0 Å². The predicted molar refractivity (Wildman–Crippen MR) is 123 cm³/mol. The fourth-order valence-corrected chi connectivity index (χ4v) is 6.13. The second-order valence-electron chi connectivity index (χ2n) is 10.8. The number of carbonyl (C=O) groups excluding carboxylic acids is 2. The third-order valence-electron chi connectivity index (χ3n) is 5.16. The highest BCUT2D eigenvalue weighted by Gasteiger charge is 2.49. The molecule has 0 aromatic rings. The van der Waals surface area contributed by atoms with E-state index in [1.165, 1.54) is 5.57 Å². The molecule has 5 heteroatoms. The molecule has 1 saturated heterocycles. The third-order valence-corrected chi connectivity index (χ3v) is 7.63. The van der Waals surface area contributed by atoms with Crippen molar-refractivity contribution in [2.75, 3.05) is 0 Å². The molecule has 0 bridgehead atoms. The first-order valence-electron chi connectivity index (χ1n) is 11.0. The summed E-state index contributed by atoms with van der Waals surface area (Å²) in [5.41, 5.74) is 1.92. The highest BCUT2D eigenvalue weighted by Crippen LogP contribution is 2.39. The molecule has 0 radical (unpaired) electrons. The van der Waals surface area contributed by atoms with Crippen LogP contribution >= 0.6 is 0 Å². The topological polar surface area (TPSA) is 52.6 Å². The van der Waals surface area contributed by atoms with E-state index in [9.17, 15) is 9.59 Å². The largest absolute Gasteiger partial charge is 0.462 e. The molecule has 1 heterocycles. The minimum atomic E-state index is -1.47. The predicted octanol–water partition coefficient (Wildman–Crippen LogP) is 6.44. The molecule has 29 heavy (non-hydrogen) atoms. The molecular weight excluding hydrogens is 380 g/mol. The number of carbonyl (C=O) groups is 2. The summed E-state index contributed by atoms with van der Waals surface area (Å²) >= 11 is 0. The molecular formula is C24H42O4Si. The molecule has 1 rings (SSSR count). The van der Waals surface area contributed by atoms with Crippen LogP contribution in [0.15, 0.2) is 23.3 Å². The standard InChI is InChI=1S/C24H42O4Si/c1-17(12-10-11-13-20-22(23(26)27-20)29(7,8)9)14-18(2)15-19(3)16-21(25)28-24(4,5)6/h15-17,20,22H,10-14H2,1-9H3/b18-15+,19-16+/t17?,20-,22+/m0/s1. The number of cyclic esters (lactones) is 1. The second kappa shape index (κ2) is 10.6. The minimum absolute atomic E-state index is 0.0260. The summed E-state index contributed by atoms with van der Waals surface area (Å²) in [7, 11) is -1.47. The van der Waals surface area contributed by atoms with Crippen LogP contribution < -0.4 is 0 Å². The zero-order valence-electron chi connectivity index (χ0n) is 20.1. The molecule has 0 aromatic carbocycles. The lowest BCUT2D eigenvalue weighted by Crippen LogP contribution is -2.52. The Hall–Kier alpha value is -1.36. The number of allylic oxidation sites excluding steroid dienone is 3. The van der Waals surface area contributed by atoms with Gasteiger partial charge < -0.3 is 9.47 Å². The zero-order chi connectivity index (χ0) is 22.4. The molecule has 1 aliphatic heterocycles. The van der Waals surface area contributed by atoms with Crippen LogP contribution in [0.5, 0.6) is 0 Å². The summed E-state index contributed by atoms with van der Waals surface area (Å²) in [6.07, 6.45) is 9.26. The van der Waals surface area contributed by atoms with Crippen LogP contribution in [0.25, 0.3) is 0 Å². The van der Waals surface area contributed by atoms with Gasteiger partial charge in [-0.3, -0.25) is 4.79 Å². The number of unbranched alkanes of at least 4 members (excludes halogenated alkanes) is 1. The molecule has 0 amide bonds. The molecule has 1 unspecified atom stereocenters. The van der Waals surface area contributed by atoms with E-state index in [0.29, 0.717) is 5.92 Å². The van der Waals surface area contributed by atoms with Gasteiger partial charge in [0.1, 0.15) is 11.7 Å². The number of esters is 2. The van der Waals surface area contributed by atoms with Gasteiger partial charge in [0.25, 0.3) is 0 Å². The smallest absolute Gasteiger partial charge is 0.331 e. The maximum Gasteiger partial charge on any atom is 0.331 e. The Morgan fingerprint density at radius 1 is 1.17 bits per heavy atom. The van der Waals surface area contributed by atoms with Gasteiger partial charge in [-0.1, -0.05) is 51.1 Å². The van der Waals surface area contributed by atoms with Gasteiger partial charge in [0.05, 0.1) is 13.6 Å². The first-order valence-corrected chi connectivity index (χ1v) is 14.6. The van der Waals surface area contributed by atoms with Crippen molar-refractivity contribution in [3.8, 4) is 0 Å².